The number of hydrogen-bond acceptors (Lipinski definition) is 5. The standard InChI is InChI=1S/C21H30O5/c1-7-14-11-16(26-19(14)23)15(12-25-13-24-6)21(5)10-9-18(22)20(3,4)17(21)8-2/h7-8,11,15-17H,1-2,9-10,12-13H2,3-6H3/t15-,16+,17+,21-/m1/s1. The molecule has 144 valence electrons. The highest BCUT2D eigenvalue weighted by Crippen LogP contribution is 2.55. The minimum atomic E-state index is -0.526. The molecule has 0 amide bonds. The number of carbonyl (C=O) groups is 2. The first-order valence-corrected chi connectivity index (χ1v) is 9.00. The maximum absolute atomic E-state index is 12.5. The van der Waals surface area contributed by atoms with Crippen LogP contribution in [0, 0.1) is 22.7 Å². The number of rotatable bonds is 8. The van der Waals surface area contributed by atoms with E-state index in [1.54, 1.807) is 7.11 Å². The number of esters is 1. The largest absolute Gasteiger partial charge is 0.454 e. The van der Waals surface area contributed by atoms with Crippen LogP contribution in [0.25, 0.3) is 0 Å². The summed E-state index contributed by atoms with van der Waals surface area (Å²) in [5.41, 5.74) is -0.371. The fraction of sp³-hybridized carbons (Fsp3) is 0.619. The van der Waals surface area contributed by atoms with Crippen molar-refractivity contribution in [2.24, 2.45) is 22.7 Å². The van der Waals surface area contributed by atoms with Crippen LogP contribution in [0.2, 0.25) is 0 Å². The summed E-state index contributed by atoms with van der Waals surface area (Å²) in [5, 5.41) is 0. The summed E-state index contributed by atoms with van der Waals surface area (Å²) in [4.78, 5) is 24.6. The van der Waals surface area contributed by atoms with Gasteiger partial charge in [-0.2, -0.15) is 0 Å². The van der Waals surface area contributed by atoms with Gasteiger partial charge in [0.2, 0.25) is 0 Å². The van der Waals surface area contributed by atoms with Crippen molar-refractivity contribution in [3.05, 3.63) is 37.0 Å². The lowest BCUT2D eigenvalue weighted by molar-refractivity contribution is -0.158. The molecule has 2 aliphatic rings. The zero-order chi connectivity index (χ0) is 19.5. The number of ether oxygens (including phenoxy) is 3. The summed E-state index contributed by atoms with van der Waals surface area (Å²) in [5.74, 6) is -0.324. The minimum Gasteiger partial charge on any atom is -0.454 e. The van der Waals surface area contributed by atoms with Crippen LogP contribution in [-0.2, 0) is 23.8 Å². The van der Waals surface area contributed by atoms with E-state index < -0.39 is 11.5 Å². The molecule has 0 aromatic heterocycles. The van der Waals surface area contributed by atoms with E-state index in [-0.39, 0.29) is 35.8 Å². The first-order chi connectivity index (χ1) is 12.2. The van der Waals surface area contributed by atoms with Gasteiger partial charge in [0.05, 0.1) is 12.2 Å². The Labute approximate surface area is 156 Å². The zero-order valence-electron chi connectivity index (χ0n) is 16.2. The second kappa shape index (κ2) is 7.89. The molecule has 0 spiro atoms. The quantitative estimate of drug-likeness (QED) is 0.286. The van der Waals surface area contributed by atoms with E-state index in [0.29, 0.717) is 25.0 Å². The molecule has 5 heteroatoms. The van der Waals surface area contributed by atoms with E-state index in [1.165, 1.54) is 6.08 Å². The third-order valence-corrected chi connectivity index (χ3v) is 6.12. The summed E-state index contributed by atoms with van der Waals surface area (Å²) in [7, 11) is 1.57. The van der Waals surface area contributed by atoms with Gasteiger partial charge in [-0.15, -0.1) is 6.58 Å². The van der Waals surface area contributed by atoms with Crippen LogP contribution < -0.4 is 0 Å². The molecule has 0 N–H and O–H groups in total. The Balaban J connectivity index is 2.41. The second-order valence-corrected chi connectivity index (χ2v) is 7.94. The molecule has 5 nitrogen and oxygen atoms in total. The molecule has 1 aliphatic carbocycles. The normalized spacial score (nSPS) is 31.9. The number of cyclic esters (lactones) is 1. The van der Waals surface area contributed by atoms with Crippen LogP contribution in [0.3, 0.4) is 0 Å². The van der Waals surface area contributed by atoms with Crippen molar-refractivity contribution in [3.8, 4) is 0 Å². The van der Waals surface area contributed by atoms with Crippen molar-refractivity contribution in [1.29, 1.82) is 0 Å². The fourth-order valence-electron chi connectivity index (χ4n) is 4.58. The van der Waals surface area contributed by atoms with Crippen molar-refractivity contribution in [2.75, 3.05) is 20.5 Å². The monoisotopic (exact) mass is 362 g/mol. The molecule has 26 heavy (non-hydrogen) atoms. The van der Waals surface area contributed by atoms with Crippen LogP contribution in [0.1, 0.15) is 33.6 Å². The van der Waals surface area contributed by atoms with Crippen molar-refractivity contribution in [3.63, 3.8) is 0 Å². The molecule has 2 rings (SSSR count). The lowest BCUT2D eigenvalue weighted by atomic mass is 9.51. The van der Waals surface area contributed by atoms with Crippen molar-refractivity contribution < 1.29 is 23.8 Å². The molecule has 0 aromatic rings. The van der Waals surface area contributed by atoms with Crippen molar-refractivity contribution in [2.45, 2.75) is 39.7 Å². The molecule has 0 unspecified atom stereocenters. The number of methoxy groups -OCH3 is 1. The maximum Gasteiger partial charge on any atom is 0.338 e. The van der Waals surface area contributed by atoms with E-state index in [0.717, 1.165) is 0 Å². The summed E-state index contributed by atoms with van der Waals surface area (Å²) in [6.07, 6.45) is 5.95. The lowest BCUT2D eigenvalue weighted by Gasteiger charge is -2.53. The SMILES string of the molecule is C=CC1=C[C@@H]([C@@H](COCOC)[C@@]2(C)CCC(=O)C(C)(C)[C@@H]2C=C)OC1=O. The van der Waals surface area contributed by atoms with Crippen LogP contribution in [0.4, 0.5) is 0 Å². The molecule has 0 aromatic carbocycles. The van der Waals surface area contributed by atoms with Gasteiger partial charge in [0, 0.05) is 24.9 Å². The number of ketones is 1. The van der Waals surface area contributed by atoms with Crippen molar-refractivity contribution in [1.82, 2.24) is 0 Å². The van der Waals surface area contributed by atoms with Crippen molar-refractivity contribution >= 4 is 11.8 Å². The first kappa shape index (κ1) is 20.6. The third kappa shape index (κ3) is 3.55. The Kier molecular flexibility index (Phi) is 6.25. The molecule has 1 fully saturated rings. The summed E-state index contributed by atoms with van der Waals surface area (Å²) in [6.45, 7) is 14.3. The van der Waals surface area contributed by atoms with E-state index in [9.17, 15) is 9.59 Å². The average molecular weight is 362 g/mol. The van der Waals surface area contributed by atoms with Crippen LogP contribution in [0.5, 0.6) is 0 Å². The Hall–Kier alpha value is -1.72. The van der Waals surface area contributed by atoms with Gasteiger partial charge in [0.25, 0.3) is 0 Å². The molecular weight excluding hydrogens is 332 g/mol. The summed E-state index contributed by atoms with van der Waals surface area (Å²) in [6, 6.07) is 0. The zero-order valence-corrected chi connectivity index (χ0v) is 16.2. The molecular formula is C21H30O5. The predicted molar refractivity (Wildman–Crippen MR) is 99.3 cm³/mol. The summed E-state index contributed by atoms with van der Waals surface area (Å²) >= 11 is 0. The van der Waals surface area contributed by atoms with E-state index in [4.69, 9.17) is 14.2 Å². The van der Waals surface area contributed by atoms with Gasteiger partial charge in [-0.3, -0.25) is 4.79 Å². The topological polar surface area (TPSA) is 61.8 Å². The smallest absolute Gasteiger partial charge is 0.338 e. The van der Waals surface area contributed by atoms with Crippen LogP contribution >= 0.6 is 0 Å². The Morgan fingerprint density at radius 2 is 2.04 bits per heavy atom. The van der Waals surface area contributed by atoms with Gasteiger partial charge in [-0.05, 0) is 23.8 Å². The van der Waals surface area contributed by atoms with E-state index in [2.05, 4.69) is 20.1 Å². The minimum absolute atomic E-state index is 0.0627. The van der Waals surface area contributed by atoms with Gasteiger partial charge >= 0.3 is 5.97 Å². The molecule has 4 atom stereocenters. The molecule has 1 heterocycles. The Morgan fingerprint density at radius 3 is 2.58 bits per heavy atom. The fourth-order valence-corrected chi connectivity index (χ4v) is 4.58. The third-order valence-electron chi connectivity index (χ3n) is 6.12. The highest BCUT2D eigenvalue weighted by Gasteiger charge is 2.55. The van der Waals surface area contributed by atoms with E-state index in [1.807, 2.05) is 26.0 Å². The Bertz CT molecular complexity index is 618. The van der Waals surface area contributed by atoms with Crippen LogP contribution in [-0.4, -0.2) is 38.4 Å². The number of hydrogen-bond donors (Lipinski definition) is 0. The molecule has 1 aliphatic heterocycles. The molecule has 1 saturated carbocycles. The molecule has 0 bridgehead atoms. The van der Waals surface area contributed by atoms with Gasteiger partial charge in [0.1, 0.15) is 18.7 Å². The van der Waals surface area contributed by atoms with Crippen LogP contribution in [0.15, 0.2) is 37.0 Å². The van der Waals surface area contributed by atoms with Gasteiger partial charge in [0.15, 0.2) is 0 Å². The first-order valence-electron chi connectivity index (χ1n) is 9.00. The average Bonchev–Trinajstić information content (AvgIpc) is 2.96. The van der Waals surface area contributed by atoms with Gasteiger partial charge < -0.3 is 14.2 Å². The number of Topliss-reactive ketones (excluding diaryl/α,β-unsaturated/α-hetero) is 1. The maximum atomic E-state index is 12.5. The highest BCUT2D eigenvalue weighted by molar-refractivity contribution is 5.93. The number of allylic oxidation sites excluding steroid dienone is 1. The second-order valence-electron chi connectivity index (χ2n) is 7.94. The predicted octanol–water partition coefficient (Wildman–Crippen LogP) is 3.46. The van der Waals surface area contributed by atoms with Gasteiger partial charge in [-0.25, -0.2) is 4.79 Å². The molecule has 0 radical (unpaired) electrons. The highest BCUT2D eigenvalue weighted by atomic mass is 16.7. The summed E-state index contributed by atoms with van der Waals surface area (Å²) < 4.78 is 16.3. The number of carbonyl (C=O) groups excluding carboxylic acids is 2. The van der Waals surface area contributed by atoms with E-state index >= 15 is 0 Å². The Morgan fingerprint density at radius 1 is 1.35 bits per heavy atom. The van der Waals surface area contributed by atoms with Gasteiger partial charge in [-0.1, -0.05) is 39.5 Å². The lowest BCUT2D eigenvalue weighted by Crippen LogP contribution is -2.53. The molecule has 0 saturated heterocycles.